The molecule has 0 saturated carbocycles. The normalized spacial score (nSPS) is 40.4. The second-order valence-electron chi connectivity index (χ2n) is 2.79. The minimum absolute atomic E-state index is 1.62. The zero-order chi connectivity index (χ0) is 7.99. The van der Waals surface area contributed by atoms with Crippen molar-refractivity contribution in [3.63, 3.8) is 0 Å². The summed E-state index contributed by atoms with van der Waals surface area (Å²) in [6, 6.07) is 0. The van der Waals surface area contributed by atoms with E-state index in [9.17, 15) is 4.57 Å². The van der Waals surface area contributed by atoms with E-state index in [2.05, 4.69) is 5.25 Å². The molecule has 1 atom stereocenters. The zero-order valence-electron chi connectivity index (χ0n) is 6.29. The molecule has 1 heterocycles. The molecule has 0 radical (unpaired) electrons. The minimum atomic E-state index is -2.83. The summed E-state index contributed by atoms with van der Waals surface area (Å²) < 4.78 is 18.0. The van der Waals surface area contributed by atoms with Crippen LogP contribution in [0.4, 0.5) is 0 Å². The van der Waals surface area contributed by atoms with Crippen LogP contribution in [0.25, 0.3) is 0 Å². The molecule has 0 aliphatic carbocycles. The lowest BCUT2D eigenvalue weighted by atomic mass is 11.6. The van der Waals surface area contributed by atoms with Gasteiger partial charge in [0.25, 0.3) is 16.1 Å². The Hall–Kier alpha value is 0.287. The van der Waals surface area contributed by atoms with Gasteiger partial charge in [0.1, 0.15) is 0 Å². The van der Waals surface area contributed by atoms with Crippen molar-refractivity contribution in [1.82, 2.24) is 9.59 Å². The molecular formula is C3H12N3O2PSi. The zero-order valence-corrected chi connectivity index (χ0v) is 8.18. The maximum atomic E-state index is 11.3. The van der Waals surface area contributed by atoms with Gasteiger partial charge in [-0.25, -0.2) is 4.34 Å². The molecule has 1 aliphatic heterocycles. The Morgan fingerprint density at radius 2 is 2.20 bits per heavy atom. The van der Waals surface area contributed by atoms with E-state index < -0.39 is 16.1 Å². The van der Waals surface area contributed by atoms with E-state index in [1.165, 1.54) is 0 Å². The average Bonchev–Trinajstić information content (AvgIpc) is 1.95. The topological polar surface area (TPSA) is 67.6 Å². The maximum Gasteiger partial charge on any atom is 0.297 e. The highest BCUT2D eigenvalue weighted by Gasteiger charge is 2.46. The second-order valence-corrected chi connectivity index (χ2v) is 8.96. The monoisotopic (exact) mass is 181 g/mol. The summed E-state index contributed by atoms with van der Waals surface area (Å²) in [7, 11) is -3.06. The number of nitrogens with two attached hydrogens (primary N) is 1. The third-order valence-corrected chi connectivity index (χ3v) is 7.56. The van der Waals surface area contributed by atoms with Gasteiger partial charge < -0.3 is 4.53 Å². The van der Waals surface area contributed by atoms with Crippen molar-refractivity contribution < 1.29 is 9.09 Å². The predicted molar refractivity (Wildman–Crippen MR) is 41.3 cm³/mol. The number of hydrogen-bond donors (Lipinski definition) is 2. The molecule has 1 aliphatic rings. The first-order valence-corrected chi connectivity index (χ1v) is 7.53. The quantitative estimate of drug-likeness (QED) is 0.413. The number of hydrogen-bond acceptors (Lipinski definition) is 2. The lowest BCUT2D eigenvalue weighted by Crippen LogP contribution is -2.41. The van der Waals surface area contributed by atoms with Gasteiger partial charge in [-0.2, -0.15) is 0 Å². The Morgan fingerprint density at radius 1 is 1.70 bits per heavy atom. The molecule has 5 nitrogen and oxygen atoms in total. The van der Waals surface area contributed by atoms with Crippen LogP contribution in [0.15, 0.2) is 0 Å². The van der Waals surface area contributed by atoms with Crippen molar-refractivity contribution in [2.24, 2.45) is 5.50 Å². The maximum absolute atomic E-state index is 11.3. The van der Waals surface area contributed by atoms with Gasteiger partial charge in [0.15, 0.2) is 0 Å². The van der Waals surface area contributed by atoms with Crippen LogP contribution in [-0.2, 0) is 9.09 Å². The van der Waals surface area contributed by atoms with Gasteiger partial charge in [0.05, 0.1) is 0 Å². The van der Waals surface area contributed by atoms with E-state index in [1.807, 2.05) is 13.1 Å². The van der Waals surface area contributed by atoms with E-state index in [1.54, 1.807) is 11.4 Å². The van der Waals surface area contributed by atoms with Crippen LogP contribution in [0, 0.1) is 0 Å². The summed E-state index contributed by atoms with van der Waals surface area (Å²) in [5.41, 5.74) is 5.38. The van der Waals surface area contributed by atoms with E-state index >= 15 is 0 Å². The molecule has 0 bridgehead atoms. The smallest absolute Gasteiger partial charge is 0.297 e. The van der Waals surface area contributed by atoms with Crippen molar-refractivity contribution in [3.8, 4) is 0 Å². The SMILES string of the molecule is CN1[Si](C)(C)ONP1(N)=O. The molecule has 0 aromatic carbocycles. The first-order chi connectivity index (χ1) is 4.36. The van der Waals surface area contributed by atoms with Crippen LogP contribution in [-0.4, -0.2) is 19.9 Å². The van der Waals surface area contributed by atoms with Crippen LogP contribution in [0.3, 0.4) is 0 Å². The molecule has 0 spiro atoms. The van der Waals surface area contributed by atoms with E-state index in [0.29, 0.717) is 0 Å². The van der Waals surface area contributed by atoms with Gasteiger partial charge in [-0.3, -0.25) is 10.1 Å². The number of rotatable bonds is 0. The standard InChI is InChI=1S/C3H12N3O2PSi/c1-6-9(4,7)5-8-10(6,2)3/h1-3H3,(H3,4,5,7). The fourth-order valence-corrected chi connectivity index (χ4v) is 5.44. The highest BCUT2D eigenvalue weighted by molar-refractivity contribution is 7.59. The van der Waals surface area contributed by atoms with Crippen LogP contribution in [0.2, 0.25) is 13.1 Å². The second kappa shape index (κ2) is 2.13. The van der Waals surface area contributed by atoms with Crippen molar-refractivity contribution in [2.75, 3.05) is 7.05 Å². The molecule has 0 amide bonds. The minimum Gasteiger partial charge on any atom is -0.318 e. The van der Waals surface area contributed by atoms with Crippen molar-refractivity contribution in [3.05, 3.63) is 0 Å². The molecule has 7 heteroatoms. The summed E-state index contributed by atoms with van der Waals surface area (Å²) in [4.78, 5) is 0. The van der Waals surface area contributed by atoms with Gasteiger partial charge >= 0.3 is 0 Å². The molecule has 0 aromatic heterocycles. The molecule has 10 heavy (non-hydrogen) atoms. The Balaban J connectivity index is 2.88. The van der Waals surface area contributed by atoms with Crippen LogP contribution < -0.4 is 10.8 Å². The van der Waals surface area contributed by atoms with Gasteiger partial charge in [0, 0.05) is 0 Å². The molecule has 3 N–H and O–H groups in total. The largest absolute Gasteiger partial charge is 0.318 e. The molecule has 0 aromatic rings. The first-order valence-electron chi connectivity index (χ1n) is 2.94. The molecule has 1 saturated heterocycles. The molecule has 1 rings (SSSR count). The fourth-order valence-electron chi connectivity index (χ4n) is 0.662. The van der Waals surface area contributed by atoms with Gasteiger partial charge in [-0.1, -0.05) is 0 Å². The molecule has 1 unspecified atom stereocenters. The lowest BCUT2D eigenvalue weighted by molar-refractivity contribution is 0.270. The average molecular weight is 181 g/mol. The summed E-state index contributed by atoms with van der Waals surface area (Å²) in [5, 5.41) is 2.36. The summed E-state index contributed by atoms with van der Waals surface area (Å²) in [6.45, 7) is 3.85. The first kappa shape index (κ1) is 8.38. The Kier molecular flexibility index (Phi) is 1.79. The van der Waals surface area contributed by atoms with Crippen molar-refractivity contribution >= 4 is 16.1 Å². The van der Waals surface area contributed by atoms with Crippen molar-refractivity contribution in [1.29, 1.82) is 0 Å². The van der Waals surface area contributed by atoms with Crippen molar-refractivity contribution in [2.45, 2.75) is 13.1 Å². The highest BCUT2D eigenvalue weighted by Crippen LogP contribution is 2.44. The third kappa shape index (κ3) is 1.18. The number of nitrogens with one attached hydrogen (secondary N) is 1. The van der Waals surface area contributed by atoms with Crippen LogP contribution >= 0.6 is 7.59 Å². The van der Waals surface area contributed by atoms with E-state index in [4.69, 9.17) is 10.0 Å². The number of nitrogens with zero attached hydrogens (tertiary/aromatic N) is 1. The molecular weight excluding hydrogens is 169 g/mol. The highest BCUT2D eigenvalue weighted by atomic mass is 31.2. The molecule has 1 fully saturated rings. The predicted octanol–water partition coefficient (Wildman–Crippen LogP) is 0.222. The van der Waals surface area contributed by atoms with Gasteiger partial charge in [-0.05, 0) is 20.1 Å². The third-order valence-electron chi connectivity index (χ3n) is 1.65. The van der Waals surface area contributed by atoms with Crippen LogP contribution in [0.1, 0.15) is 0 Å². The molecule has 60 valence electrons. The fraction of sp³-hybridized carbons (Fsp3) is 1.00. The van der Waals surface area contributed by atoms with Crippen LogP contribution in [0.5, 0.6) is 0 Å². The Labute approximate surface area is 61.2 Å². The Morgan fingerprint density at radius 3 is 2.30 bits per heavy atom. The van der Waals surface area contributed by atoms with E-state index in [-0.39, 0.29) is 0 Å². The van der Waals surface area contributed by atoms with Gasteiger partial charge in [-0.15, -0.1) is 5.25 Å². The summed E-state index contributed by atoms with van der Waals surface area (Å²) >= 11 is 0. The van der Waals surface area contributed by atoms with E-state index in [0.717, 1.165) is 0 Å². The van der Waals surface area contributed by atoms with Gasteiger partial charge in [0.2, 0.25) is 0 Å². The Bertz CT molecular complexity index is 196. The lowest BCUT2D eigenvalue weighted by Gasteiger charge is -2.21. The summed E-state index contributed by atoms with van der Waals surface area (Å²) in [6.07, 6.45) is 0. The summed E-state index contributed by atoms with van der Waals surface area (Å²) in [5.74, 6) is 0.